The molecule has 16 heavy (non-hydrogen) atoms. The van der Waals surface area contributed by atoms with Crippen LogP contribution in [0.15, 0.2) is 6.20 Å². The van der Waals surface area contributed by atoms with Gasteiger partial charge in [0.15, 0.2) is 11.6 Å². The normalized spacial score (nSPS) is 12.2. The van der Waals surface area contributed by atoms with Gasteiger partial charge in [-0.3, -0.25) is 0 Å². The molecule has 90 valence electrons. The Bertz CT molecular complexity index is 335. The maximum absolute atomic E-state index is 13.3. The van der Waals surface area contributed by atoms with Crippen LogP contribution < -0.4 is 10.6 Å². The molecule has 0 aromatic carbocycles. The van der Waals surface area contributed by atoms with Crippen molar-refractivity contribution in [1.29, 1.82) is 0 Å². The first kappa shape index (κ1) is 12.6. The van der Waals surface area contributed by atoms with Crippen LogP contribution >= 0.6 is 0 Å². The summed E-state index contributed by atoms with van der Waals surface area (Å²) >= 11 is 0. The number of hydrogen-bond donors (Lipinski definition) is 2. The molecule has 0 fully saturated rings. The van der Waals surface area contributed by atoms with Crippen molar-refractivity contribution in [1.82, 2.24) is 9.97 Å². The summed E-state index contributed by atoms with van der Waals surface area (Å²) in [6.45, 7) is 2.57. The summed E-state index contributed by atoms with van der Waals surface area (Å²) in [6, 6.07) is 0.0917. The molecule has 1 unspecified atom stereocenters. The summed E-state index contributed by atoms with van der Waals surface area (Å²) < 4.78 is 18.3. The topological polar surface area (TPSA) is 59.1 Å². The quantitative estimate of drug-likeness (QED) is 0.772. The average Bonchev–Trinajstić information content (AvgIpc) is 2.29. The second-order valence-electron chi connectivity index (χ2n) is 3.47. The summed E-state index contributed by atoms with van der Waals surface area (Å²) in [5, 5.41) is 5.73. The van der Waals surface area contributed by atoms with E-state index in [-0.39, 0.29) is 11.9 Å². The minimum Gasteiger partial charge on any atom is -0.385 e. The predicted octanol–water partition coefficient (Wildman–Crippen LogP) is 1.49. The molecule has 2 N–H and O–H groups in total. The first-order valence-electron chi connectivity index (χ1n) is 5.13. The van der Waals surface area contributed by atoms with Crippen molar-refractivity contribution >= 4 is 11.8 Å². The van der Waals surface area contributed by atoms with Crippen molar-refractivity contribution in [3.63, 3.8) is 0 Å². The summed E-state index contributed by atoms with van der Waals surface area (Å²) in [6.07, 6.45) is 1.93. The van der Waals surface area contributed by atoms with Gasteiger partial charge in [-0.05, 0) is 13.3 Å². The van der Waals surface area contributed by atoms with Gasteiger partial charge in [-0.15, -0.1) is 0 Å². The Morgan fingerprint density at radius 1 is 1.56 bits per heavy atom. The van der Waals surface area contributed by atoms with Gasteiger partial charge < -0.3 is 15.4 Å². The zero-order valence-corrected chi connectivity index (χ0v) is 9.75. The Morgan fingerprint density at radius 3 is 2.94 bits per heavy atom. The fourth-order valence-corrected chi connectivity index (χ4v) is 1.19. The van der Waals surface area contributed by atoms with Crippen molar-refractivity contribution in [2.24, 2.45) is 0 Å². The van der Waals surface area contributed by atoms with Crippen LogP contribution in [-0.4, -0.2) is 36.8 Å². The highest BCUT2D eigenvalue weighted by Gasteiger charge is 2.09. The number of hydrogen-bond acceptors (Lipinski definition) is 5. The third kappa shape index (κ3) is 3.62. The van der Waals surface area contributed by atoms with Crippen LogP contribution in [-0.2, 0) is 4.74 Å². The molecule has 0 saturated carbocycles. The number of methoxy groups -OCH3 is 1. The largest absolute Gasteiger partial charge is 0.385 e. The lowest BCUT2D eigenvalue weighted by molar-refractivity contribution is 0.191. The second kappa shape index (κ2) is 6.22. The number of halogens is 1. The molecule has 1 atom stereocenters. The van der Waals surface area contributed by atoms with Crippen molar-refractivity contribution in [3.8, 4) is 0 Å². The van der Waals surface area contributed by atoms with E-state index in [1.165, 1.54) is 0 Å². The van der Waals surface area contributed by atoms with Crippen molar-refractivity contribution in [2.45, 2.75) is 19.4 Å². The Hall–Kier alpha value is -1.43. The van der Waals surface area contributed by atoms with Crippen LogP contribution in [0.5, 0.6) is 0 Å². The highest BCUT2D eigenvalue weighted by molar-refractivity contribution is 5.41. The van der Waals surface area contributed by atoms with Gasteiger partial charge in [0.2, 0.25) is 5.95 Å². The minimum atomic E-state index is -0.455. The predicted molar refractivity (Wildman–Crippen MR) is 61.1 cm³/mol. The standard InChI is InChI=1S/C10H17FN4O/c1-7(4-5-16-3)14-9-8(11)6-13-10(12-2)15-9/h6-7H,4-5H2,1-3H3,(H2,12,13,14,15). The Balaban J connectivity index is 2.64. The molecule has 0 aliphatic rings. The SMILES string of the molecule is CNc1ncc(F)c(NC(C)CCOC)n1. The highest BCUT2D eigenvalue weighted by Crippen LogP contribution is 2.13. The molecule has 0 aliphatic heterocycles. The van der Waals surface area contributed by atoms with Gasteiger partial charge in [0, 0.05) is 26.8 Å². The monoisotopic (exact) mass is 228 g/mol. The molecule has 0 aliphatic carbocycles. The molecule has 1 aromatic heterocycles. The molecule has 1 aromatic rings. The van der Waals surface area contributed by atoms with Gasteiger partial charge in [-0.1, -0.05) is 0 Å². The van der Waals surface area contributed by atoms with Crippen molar-refractivity contribution in [3.05, 3.63) is 12.0 Å². The fourth-order valence-electron chi connectivity index (χ4n) is 1.19. The van der Waals surface area contributed by atoms with Crippen LogP contribution in [0.3, 0.4) is 0 Å². The molecular weight excluding hydrogens is 211 g/mol. The van der Waals surface area contributed by atoms with Crippen molar-refractivity contribution in [2.75, 3.05) is 31.4 Å². The number of ether oxygens (including phenoxy) is 1. The van der Waals surface area contributed by atoms with Crippen LogP contribution in [0.2, 0.25) is 0 Å². The van der Waals surface area contributed by atoms with Crippen LogP contribution in [0.25, 0.3) is 0 Å². The maximum Gasteiger partial charge on any atom is 0.224 e. The van der Waals surface area contributed by atoms with E-state index in [9.17, 15) is 4.39 Å². The highest BCUT2D eigenvalue weighted by atomic mass is 19.1. The summed E-state index contributed by atoms with van der Waals surface area (Å²) in [5.41, 5.74) is 0. The third-order valence-corrected chi connectivity index (χ3v) is 2.11. The van der Waals surface area contributed by atoms with Gasteiger partial charge in [-0.2, -0.15) is 4.98 Å². The van der Waals surface area contributed by atoms with E-state index >= 15 is 0 Å². The van der Waals surface area contributed by atoms with E-state index < -0.39 is 5.82 Å². The molecule has 0 radical (unpaired) electrons. The molecule has 1 rings (SSSR count). The van der Waals surface area contributed by atoms with Gasteiger partial charge in [0.05, 0.1) is 6.20 Å². The summed E-state index contributed by atoms with van der Waals surface area (Å²) in [7, 11) is 3.32. The third-order valence-electron chi connectivity index (χ3n) is 2.11. The van der Waals surface area contributed by atoms with Gasteiger partial charge in [0.25, 0.3) is 0 Å². The van der Waals surface area contributed by atoms with E-state index in [4.69, 9.17) is 4.74 Å². The Morgan fingerprint density at radius 2 is 2.31 bits per heavy atom. The van der Waals surface area contributed by atoms with Crippen LogP contribution in [0, 0.1) is 5.82 Å². The molecule has 5 nitrogen and oxygen atoms in total. The van der Waals surface area contributed by atoms with E-state index in [1.54, 1.807) is 14.2 Å². The van der Waals surface area contributed by atoms with E-state index in [0.717, 1.165) is 12.6 Å². The molecule has 1 heterocycles. The molecule has 0 saturated heterocycles. The van der Waals surface area contributed by atoms with Crippen LogP contribution in [0.1, 0.15) is 13.3 Å². The average molecular weight is 228 g/mol. The smallest absolute Gasteiger partial charge is 0.224 e. The lowest BCUT2D eigenvalue weighted by Gasteiger charge is -2.14. The minimum absolute atomic E-state index is 0.0917. The Kier molecular flexibility index (Phi) is 4.91. The van der Waals surface area contributed by atoms with E-state index in [2.05, 4.69) is 20.6 Å². The van der Waals surface area contributed by atoms with Crippen molar-refractivity contribution < 1.29 is 9.13 Å². The molecular formula is C10H17FN4O. The summed E-state index contributed by atoms with van der Waals surface area (Å²) in [5.74, 6) is 0.147. The zero-order chi connectivity index (χ0) is 12.0. The van der Waals surface area contributed by atoms with Gasteiger partial charge in [0.1, 0.15) is 0 Å². The number of anilines is 2. The number of nitrogens with zero attached hydrogens (tertiary/aromatic N) is 2. The molecule has 0 amide bonds. The number of aromatic nitrogens is 2. The van der Waals surface area contributed by atoms with E-state index in [1.807, 2.05) is 6.92 Å². The molecule has 0 spiro atoms. The van der Waals surface area contributed by atoms with Gasteiger partial charge in [-0.25, -0.2) is 9.37 Å². The Labute approximate surface area is 94.4 Å². The summed E-state index contributed by atoms with van der Waals surface area (Å²) in [4.78, 5) is 7.75. The lowest BCUT2D eigenvalue weighted by atomic mass is 10.2. The fraction of sp³-hybridized carbons (Fsp3) is 0.600. The molecule has 6 heteroatoms. The lowest BCUT2D eigenvalue weighted by Crippen LogP contribution is -2.19. The van der Waals surface area contributed by atoms with Gasteiger partial charge >= 0.3 is 0 Å². The van der Waals surface area contributed by atoms with Crippen LogP contribution in [0.4, 0.5) is 16.2 Å². The zero-order valence-electron chi connectivity index (χ0n) is 9.75. The van der Waals surface area contributed by atoms with E-state index in [0.29, 0.717) is 12.6 Å². The number of nitrogens with one attached hydrogen (secondary N) is 2. The number of rotatable bonds is 6. The second-order valence-corrected chi connectivity index (χ2v) is 3.47. The maximum atomic E-state index is 13.3. The first-order valence-corrected chi connectivity index (χ1v) is 5.13. The first-order chi connectivity index (χ1) is 7.67. The molecule has 0 bridgehead atoms.